The van der Waals surface area contributed by atoms with Gasteiger partial charge in [-0.2, -0.15) is 0 Å². The number of anilines is 1. The van der Waals surface area contributed by atoms with Gasteiger partial charge in [0.2, 0.25) is 5.91 Å². The molecule has 6 nitrogen and oxygen atoms in total. The van der Waals surface area contributed by atoms with Gasteiger partial charge in [0.25, 0.3) is 5.91 Å². The fourth-order valence-electron chi connectivity index (χ4n) is 5.69. The monoisotopic (exact) mass is 560 g/mol. The Bertz CT molecular complexity index is 1780. The number of benzene rings is 4. The number of rotatable bonds is 6. The van der Waals surface area contributed by atoms with Crippen molar-refractivity contribution >= 4 is 29.1 Å². The molecule has 1 aliphatic heterocycles. The predicted octanol–water partition coefficient (Wildman–Crippen LogP) is 6.28. The minimum absolute atomic E-state index is 0.197. The molecule has 0 aliphatic carbocycles. The number of para-hydroxylation sites is 1. The molecule has 2 amide bonds. The van der Waals surface area contributed by atoms with Crippen LogP contribution in [0.15, 0.2) is 103 Å². The molecule has 1 aromatic heterocycles. The van der Waals surface area contributed by atoms with Gasteiger partial charge in [-0.15, -0.1) is 0 Å². The van der Waals surface area contributed by atoms with E-state index in [0.29, 0.717) is 46.9 Å². The third kappa shape index (κ3) is 4.92. The van der Waals surface area contributed by atoms with Crippen LogP contribution in [0.25, 0.3) is 22.3 Å². The number of halogens is 1. The lowest BCUT2D eigenvalue weighted by Gasteiger charge is -2.23. The van der Waals surface area contributed by atoms with Crippen LogP contribution in [0.3, 0.4) is 0 Å². The van der Waals surface area contributed by atoms with Gasteiger partial charge in [0.05, 0.1) is 22.7 Å². The Hall–Kier alpha value is -4.65. The summed E-state index contributed by atoms with van der Waals surface area (Å²) in [5, 5.41) is 0.300. The van der Waals surface area contributed by atoms with E-state index in [1.807, 2.05) is 78.9 Å². The van der Waals surface area contributed by atoms with Gasteiger partial charge in [-0.3, -0.25) is 9.59 Å². The Kier molecular flexibility index (Phi) is 7.18. The average molecular weight is 561 g/mol. The third-order valence-corrected chi connectivity index (χ3v) is 7.96. The summed E-state index contributed by atoms with van der Waals surface area (Å²) in [5.41, 5.74) is 19.6. The molecule has 1 aliphatic rings. The molecule has 204 valence electrons. The second kappa shape index (κ2) is 11.1. The molecule has 2 heterocycles. The molecule has 0 saturated carbocycles. The molecule has 6 rings (SSSR count). The van der Waals surface area contributed by atoms with Gasteiger partial charge in [0.15, 0.2) is 0 Å². The first-order chi connectivity index (χ1) is 20.0. The molecule has 7 heteroatoms. The molecule has 0 saturated heterocycles. The molecule has 4 N–H and O–H groups in total. The van der Waals surface area contributed by atoms with Crippen LogP contribution < -0.4 is 16.4 Å². The van der Waals surface area contributed by atoms with E-state index in [1.165, 1.54) is 0 Å². The summed E-state index contributed by atoms with van der Waals surface area (Å²) < 4.78 is 2.24. The normalized spacial score (nSPS) is 12.4. The van der Waals surface area contributed by atoms with Crippen molar-refractivity contribution in [3.8, 4) is 22.3 Å². The van der Waals surface area contributed by atoms with E-state index in [4.69, 9.17) is 23.1 Å². The lowest BCUT2D eigenvalue weighted by atomic mass is 9.91. The highest BCUT2D eigenvalue weighted by Crippen LogP contribution is 2.36. The van der Waals surface area contributed by atoms with Crippen molar-refractivity contribution in [2.75, 3.05) is 11.4 Å². The van der Waals surface area contributed by atoms with Gasteiger partial charge in [0, 0.05) is 23.6 Å². The molecule has 41 heavy (non-hydrogen) atoms. The van der Waals surface area contributed by atoms with Crippen molar-refractivity contribution in [3.63, 3.8) is 0 Å². The number of amides is 2. The summed E-state index contributed by atoms with van der Waals surface area (Å²) >= 11 is 6.81. The van der Waals surface area contributed by atoms with Crippen molar-refractivity contribution in [1.29, 1.82) is 0 Å². The van der Waals surface area contributed by atoms with Crippen LogP contribution in [0.1, 0.15) is 37.7 Å². The lowest BCUT2D eigenvalue weighted by molar-refractivity contribution is 0.0981. The highest BCUT2D eigenvalue weighted by Gasteiger charge is 2.27. The van der Waals surface area contributed by atoms with Crippen LogP contribution in [-0.2, 0) is 19.5 Å². The lowest BCUT2D eigenvalue weighted by Crippen LogP contribution is -2.30. The molecule has 0 spiro atoms. The first-order valence-electron chi connectivity index (χ1n) is 13.5. The second-order valence-electron chi connectivity index (χ2n) is 10.1. The van der Waals surface area contributed by atoms with E-state index >= 15 is 0 Å². The number of carbonyl (C=O) groups excluding carboxylic acids is 2. The molecule has 0 unspecified atom stereocenters. The number of hydrogen-bond donors (Lipinski definition) is 2. The Balaban J connectivity index is 1.39. The van der Waals surface area contributed by atoms with E-state index < -0.39 is 5.91 Å². The molecule has 0 atom stereocenters. The SMILES string of the molecule is NCCc1ccc2n1Cc1ccccc1N(C(=O)c1ccc(-c3cccc(-c4ccccc4)c3C(N)=O)cc1Cl)C2. The first-order valence-corrected chi connectivity index (χ1v) is 13.9. The summed E-state index contributed by atoms with van der Waals surface area (Å²) in [5.74, 6) is -0.730. The zero-order chi connectivity index (χ0) is 28.5. The van der Waals surface area contributed by atoms with Crippen LogP contribution >= 0.6 is 11.6 Å². The first kappa shape index (κ1) is 26.6. The number of carbonyl (C=O) groups is 2. The number of nitrogens with two attached hydrogens (primary N) is 2. The minimum Gasteiger partial charge on any atom is -0.366 e. The Morgan fingerprint density at radius 3 is 2.24 bits per heavy atom. The zero-order valence-electron chi connectivity index (χ0n) is 22.4. The quantitative estimate of drug-likeness (QED) is 0.256. The number of nitrogens with zero attached hydrogens (tertiary/aromatic N) is 2. The molecule has 0 radical (unpaired) electrons. The van der Waals surface area contributed by atoms with Gasteiger partial charge >= 0.3 is 0 Å². The van der Waals surface area contributed by atoms with Gasteiger partial charge in [-0.1, -0.05) is 84.4 Å². The fraction of sp³-hybridized carbons (Fsp3) is 0.118. The minimum atomic E-state index is -0.533. The number of hydrogen-bond acceptors (Lipinski definition) is 3. The van der Waals surface area contributed by atoms with Crippen LogP contribution in [0.4, 0.5) is 5.69 Å². The molecular weight excluding hydrogens is 532 g/mol. The maximum atomic E-state index is 14.1. The number of fused-ring (bicyclic) bond motifs is 2. The van der Waals surface area contributed by atoms with E-state index in [2.05, 4.69) is 16.7 Å². The van der Waals surface area contributed by atoms with Gasteiger partial charge in [-0.25, -0.2) is 0 Å². The van der Waals surface area contributed by atoms with Crippen molar-refractivity contribution < 1.29 is 9.59 Å². The molecule has 4 aromatic carbocycles. The van der Waals surface area contributed by atoms with Crippen LogP contribution in [0, 0.1) is 0 Å². The largest absolute Gasteiger partial charge is 0.366 e. The summed E-state index contributed by atoms with van der Waals surface area (Å²) in [7, 11) is 0. The summed E-state index contributed by atoms with van der Waals surface area (Å²) in [6.07, 6.45) is 0.766. The van der Waals surface area contributed by atoms with E-state index in [0.717, 1.165) is 40.2 Å². The van der Waals surface area contributed by atoms with Crippen molar-refractivity contribution in [3.05, 3.63) is 136 Å². The van der Waals surface area contributed by atoms with Crippen molar-refractivity contribution in [2.45, 2.75) is 19.5 Å². The number of aromatic nitrogens is 1. The van der Waals surface area contributed by atoms with Crippen LogP contribution in [0.5, 0.6) is 0 Å². The Labute approximate surface area is 243 Å². The van der Waals surface area contributed by atoms with E-state index in [-0.39, 0.29) is 5.91 Å². The average Bonchev–Trinajstić information content (AvgIpc) is 3.27. The van der Waals surface area contributed by atoms with Crippen LogP contribution in [-0.4, -0.2) is 22.9 Å². The van der Waals surface area contributed by atoms with Crippen molar-refractivity contribution in [1.82, 2.24) is 4.57 Å². The van der Waals surface area contributed by atoms with Crippen molar-refractivity contribution in [2.24, 2.45) is 11.5 Å². The Morgan fingerprint density at radius 2 is 1.51 bits per heavy atom. The smallest absolute Gasteiger partial charge is 0.260 e. The second-order valence-corrected chi connectivity index (χ2v) is 10.5. The molecule has 0 fully saturated rings. The predicted molar refractivity (Wildman–Crippen MR) is 164 cm³/mol. The fourth-order valence-corrected chi connectivity index (χ4v) is 5.95. The third-order valence-electron chi connectivity index (χ3n) is 7.64. The topological polar surface area (TPSA) is 94.3 Å². The zero-order valence-corrected chi connectivity index (χ0v) is 23.1. The highest BCUT2D eigenvalue weighted by molar-refractivity contribution is 6.35. The summed E-state index contributed by atoms with van der Waals surface area (Å²) in [6.45, 7) is 1.63. The maximum Gasteiger partial charge on any atom is 0.260 e. The van der Waals surface area contributed by atoms with Gasteiger partial charge in [-0.05, 0) is 71.1 Å². The standard InChI is InChI=1S/C34H29ClN4O2/c35-30-19-23(28-11-6-10-27(32(28)33(37)40)22-7-2-1-3-8-22)13-16-29(30)34(41)39-21-26-15-14-25(17-18-36)38(26)20-24-9-4-5-12-31(24)39/h1-16,19H,17-18,20-21,36H2,(H2,37,40). The molecule has 0 bridgehead atoms. The number of primary amides is 1. The van der Waals surface area contributed by atoms with E-state index in [9.17, 15) is 9.59 Å². The van der Waals surface area contributed by atoms with Gasteiger partial charge in [0.1, 0.15) is 0 Å². The highest BCUT2D eigenvalue weighted by atomic mass is 35.5. The van der Waals surface area contributed by atoms with Gasteiger partial charge < -0.3 is 20.9 Å². The maximum absolute atomic E-state index is 14.1. The summed E-state index contributed by atoms with van der Waals surface area (Å²) in [4.78, 5) is 28.5. The van der Waals surface area contributed by atoms with Crippen LogP contribution in [0.2, 0.25) is 5.02 Å². The molecule has 5 aromatic rings. The summed E-state index contributed by atoms with van der Waals surface area (Å²) in [6, 6.07) is 32.6. The Morgan fingerprint density at radius 1 is 0.780 bits per heavy atom. The van der Waals surface area contributed by atoms with E-state index in [1.54, 1.807) is 17.0 Å². The molecular formula is C34H29ClN4O2.